The van der Waals surface area contributed by atoms with Crippen molar-refractivity contribution in [1.29, 1.82) is 0 Å². The zero-order chi connectivity index (χ0) is 13.9. The summed E-state index contributed by atoms with van der Waals surface area (Å²) in [4.78, 5) is 11.9. The molecule has 1 N–H and O–H groups in total. The van der Waals surface area contributed by atoms with Crippen LogP contribution in [0.15, 0.2) is 24.3 Å². The lowest BCUT2D eigenvalue weighted by molar-refractivity contribution is -0.122. The van der Waals surface area contributed by atoms with Crippen LogP contribution < -0.4 is 10.1 Å². The lowest BCUT2D eigenvalue weighted by atomic mass is 9.91. The van der Waals surface area contributed by atoms with Crippen molar-refractivity contribution in [3.8, 4) is 5.75 Å². The molecule has 1 aromatic carbocycles. The minimum Gasteiger partial charge on any atom is -0.493 e. The molecule has 1 aliphatic heterocycles. The monoisotopic (exact) mass is 261 g/mol. The maximum atomic E-state index is 11.9. The van der Waals surface area contributed by atoms with Crippen LogP contribution >= 0.6 is 0 Å². The SMILES string of the molecule is CC(C)(C)CC(=O)NCC1CCOc2ccccc21. The molecule has 104 valence electrons. The van der Waals surface area contributed by atoms with Crippen molar-refractivity contribution in [2.24, 2.45) is 5.41 Å². The van der Waals surface area contributed by atoms with Crippen LogP contribution in [-0.4, -0.2) is 19.1 Å². The van der Waals surface area contributed by atoms with E-state index in [-0.39, 0.29) is 11.3 Å². The fraction of sp³-hybridized carbons (Fsp3) is 0.562. The van der Waals surface area contributed by atoms with Gasteiger partial charge in [-0.2, -0.15) is 0 Å². The predicted molar refractivity (Wildman–Crippen MR) is 76.4 cm³/mol. The predicted octanol–water partition coefficient (Wildman–Crippen LogP) is 3.11. The van der Waals surface area contributed by atoms with Crippen LogP contribution in [-0.2, 0) is 4.79 Å². The molecule has 3 nitrogen and oxygen atoms in total. The summed E-state index contributed by atoms with van der Waals surface area (Å²) in [7, 11) is 0. The van der Waals surface area contributed by atoms with Gasteiger partial charge in [-0.25, -0.2) is 0 Å². The zero-order valence-electron chi connectivity index (χ0n) is 12.0. The first-order chi connectivity index (χ1) is 8.96. The second-order valence-electron chi connectivity index (χ2n) is 6.41. The van der Waals surface area contributed by atoms with E-state index in [1.165, 1.54) is 5.56 Å². The Bertz CT molecular complexity index is 448. The Balaban J connectivity index is 1.93. The molecule has 19 heavy (non-hydrogen) atoms. The van der Waals surface area contributed by atoms with Crippen molar-refractivity contribution in [2.45, 2.75) is 39.5 Å². The lowest BCUT2D eigenvalue weighted by Crippen LogP contribution is -2.32. The number of rotatable bonds is 3. The Hall–Kier alpha value is -1.51. The summed E-state index contributed by atoms with van der Waals surface area (Å²) in [5.41, 5.74) is 1.25. The first-order valence-corrected chi connectivity index (χ1v) is 6.94. The number of carbonyl (C=O) groups is 1. The van der Waals surface area contributed by atoms with Gasteiger partial charge in [0.2, 0.25) is 5.91 Å². The number of para-hydroxylation sites is 1. The molecule has 3 heteroatoms. The van der Waals surface area contributed by atoms with Gasteiger partial charge < -0.3 is 10.1 Å². The molecule has 0 saturated carbocycles. The first kappa shape index (κ1) is 13.9. The Morgan fingerprint density at radius 2 is 2.11 bits per heavy atom. The third-order valence-corrected chi connectivity index (χ3v) is 3.32. The number of nitrogens with one attached hydrogen (secondary N) is 1. The van der Waals surface area contributed by atoms with E-state index in [0.717, 1.165) is 18.8 Å². The normalized spacial score (nSPS) is 18.4. The van der Waals surface area contributed by atoms with E-state index in [0.29, 0.717) is 18.9 Å². The van der Waals surface area contributed by atoms with Crippen molar-refractivity contribution < 1.29 is 9.53 Å². The van der Waals surface area contributed by atoms with Gasteiger partial charge in [0.15, 0.2) is 0 Å². The molecule has 2 rings (SSSR count). The molecule has 0 aromatic heterocycles. The van der Waals surface area contributed by atoms with Crippen molar-refractivity contribution in [2.75, 3.05) is 13.2 Å². The van der Waals surface area contributed by atoms with Crippen LogP contribution in [0, 0.1) is 5.41 Å². The maximum absolute atomic E-state index is 11.9. The van der Waals surface area contributed by atoms with E-state index < -0.39 is 0 Å². The van der Waals surface area contributed by atoms with Gasteiger partial charge in [0.1, 0.15) is 5.75 Å². The third kappa shape index (κ3) is 3.98. The molecule has 0 spiro atoms. The van der Waals surface area contributed by atoms with Gasteiger partial charge in [0.25, 0.3) is 0 Å². The number of carbonyl (C=O) groups excluding carboxylic acids is 1. The fourth-order valence-electron chi connectivity index (χ4n) is 2.41. The maximum Gasteiger partial charge on any atom is 0.220 e. The van der Waals surface area contributed by atoms with E-state index in [1.807, 2.05) is 18.2 Å². The average Bonchev–Trinajstić information content (AvgIpc) is 2.34. The molecule has 0 radical (unpaired) electrons. The van der Waals surface area contributed by atoms with Crippen LogP contribution in [0.5, 0.6) is 5.75 Å². The van der Waals surface area contributed by atoms with Gasteiger partial charge in [-0.3, -0.25) is 4.79 Å². The average molecular weight is 261 g/mol. The number of fused-ring (bicyclic) bond motifs is 1. The molecule has 1 heterocycles. The van der Waals surface area contributed by atoms with E-state index >= 15 is 0 Å². The number of hydrogen-bond donors (Lipinski definition) is 1. The van der Waals surface area contributed by atoms with Crippen LogP contribution in [0.3, 0.4) is 0 Å². The number of benzene rings is 1. The lowest BCUT2D eigenvalue weighted by Gasteiger charge is -2.26. The number of amides is 1. The fourth-order valence-corrected chi connectivity index (χ4v) is 2.41. The van der Waals surface area contributed by atoms with Gasteiger partial charge in [-0.1, -0.05) is 39.0 Å². The molecule has 1 aromatic rings. The molecule has 0 bridgehead atoms. The Morgan fingerprint density at radius 3 is 2.84 bits per heavy atom. The summed E-state index contributed by atoms with van der Waals surface area (Å²) in [5.74, 6) is 1.47. The van der Waals surface area contributed by atoms with Crippen LogP contribution in [0.2, 0.25) is 0 Å². The third-order valence-electron chi connectivity index (χ3n) is 3.32. The quantitative estimate of drug-likeness (QED) is 0.908. The summed E-state index contributed by atoms with van der Waals surface area (Å²) >= 11 is 0. The second kappa shape index (κ2) is 5.64. The highest BCUT2D eigenvalue weighted by atomic mass is 16.5. The molecule has 1 aliphatic rings. The summed E-state index contributed by atoms with van der Waals surface area (Å²) < 4.78 is 5.63. The summed E-state index contributed by atoms with van der Waals surface area (Å²) in [6, 6.07) is 8.10. The van der Waals surface area contributed by atoms with E-state index in [2.05, 4.69) is 32.2 Å². The topological polar surface area (TPSA) is 38.3 Å². The largest absolute Gasteiger partial charge is 0.493 e. The van der Waals surface area contributed by atoms with E-state index in [9.17, 15) is 4.79 Å². The summed E-state index contributed by atoms with van der Waals surface area (Å²) in [5, 5.41) is 3.06. The second-order valence-corrected chi connectivity index (χ2v) is 6.41. The number of ether oxygens (including phenoxy) is 1. The molecule has 1 atom stereocenters. The van der Waals surface area contributed by atoms with Gasteiger partial charge >= 0.3 is 0 Å². The Kier molecular flexibility index (Phi) is 4.13. The standard InChI is InChI=1S/C16H23NO2/c1-16(2,3)10-15(18)17-11-12-8-9-19-14-7-5-4-6-13(12)14/h4-7,12H,8-11H2,1-3H3,(H,17,18). The van der Waals surface area contributed by atoms with Gasteiger partial charge in [-0.05, 0) is 23.5 Å². The first-order valence-electron chi connectivity index (χ1n) is 6.94. The summed E-state index contributed by atoms with van der Waals surface area (Å²) in [6.45, 7) is 7.68. The molecule has 1 amide bonds. The Morgan fingerprint density at radius 1 is 1.37 bits per heavy atom. The zero-order valence-corrected chi connectivity index (χ0v) is 12.0. The van der Waals surface area contributed by atoms with Crippen molar-refractivity contribution in [3.05, 3.63) is 29.8 Å². The highest BCUT2D eigenvalue weighted by molar-refractivity contribution is 5.76. The Labute approximate surface area is 115 Å². The van der Waals surface area contributed by atoms with Crippen molar-refractivity contribution in [3.63, 3.8) is 0 Å². The highest BCUT2D eigenvalue weighted by Gasteiger charge is 2.22. The smallest absolute Gasteiger partial charge is 0.220 e. The molecule has 0 fully saturated rings. The minimum atomic E-state index is 0.0394. The molecule has 1 unspecified atom stereocenters. The van der Waals surface area contributed by atoms with Crippen LogP contribution in [0.1, 0.15) is 45.1 Å². The molecular weight excluding hydrogens is 238 g/mol. The molecular formula is C16H23NO2. The van der Waals surface area contributed by atoms with Gasteiger partial charge in [0.05, 0.1) is 6.61 Å². The molecule has 0 aliphatic carbocycles. The van der Waals surface area contributed by atoms with Gasteiger partial charge in [0, 0.05) is 18.9 Å². The number of hydrogen-bond acceptors (Lipinski definition) is 2. The van der Waals surface area contributed by atoms with Crippen LogP contribution in [0.25, 0.3) is 0 Å². The van der Waals surface area contributed by atoms with Gasteiger partial charge in [-0.15, -0.1) is 0 Å². The van der Waals surface area contributed by atoms with E-state index in [4.69, 9.17) is 4.74 Å². The van der Waals surface area contributed by atoms with E-state index in [1.54, 1.807) is 0 Å². The van der Waals surface area contributed by atoms with Crippen molar-refractivity contribution >= 4 is 5.91 Å². The van der Waals surface area contributed by atoms with Crippen molar-refractivity contribution in [1.82, 2.24) is 5.32 Å². The highest BCUT2D eigenvalue weighted by Crippen LogP contribution is 2.32. The summed E-state index contributed by atoms with van der Waals surface area (Å²) in [6.07, 6.45) is 1.53. The minimum absolute atomic E-state index is 0.0394. The van der Waals surface area contributed by atoms with Crippen LogP contribution in [0.4, 0.5) is 0 Å². The molecule has 0 saturated heterocycles.